The molecule has 1 heterocycles. The van der Waals surface area contributed by atoms with Gasteiger partial charge in [0.2, 0.25) is 5.91 Å². The van der Waals surface area contributed by atoms with Crippen molar-refractivity contribution >= 4 is 5.91 Å². The van der Waals surface area contributed by atoms with Crippen molar-refractivity contribution < 1.29 is 9.18 Å². The summed E-state index contributed by atoms with van der Waals surface area (Å²) in [7, 11) is 0. The molecular formula is C18H25FN2O. The summed E-state index contributed by atoms with van der Waals surface area (Å²) in [4.78, 5) is 13.0. The van der Waals surface area contributed by atoms with Gasteiger partial charge in [0.25, 0.3) is 0 Å². The average Bonchev–Trinajstić information content (AvgIpc) is 2.57. The van der Waals surface area contributed by atoms with Gasteiger partial charge >= 0.3 is 0 Å². The van der Waals surface area contributed by atoms with E-state index in [1.54, 1.807) is 12.1 Å². The first-order chi connectivity index (χ1) is 10.7. The molecule has 2 aliphatic rings. The van der Waals surface area contributed by atoms with Crippen LogP contribution in [0, 0.1) is 5.82 Å². The van der Waals surface area contributed by atoms with Gasteiger partial charge in [0.05, 0.1) is 5.41 Å². The van der Waals surface area contributed by atoms with Crippen LogP contribution in [0.15, 0.2) is 24.3 Å². The fourth-order valence-corrected chi connectivity index (χ4v) is 3.87. The second kappa shape index (κ2) is 6.78. The first-order valence-electron chi connectivity index (χ1n) is 8.48. The number of hydrogen-bond donors (Lipinski definition) is 2. The van der Waals surface area contributed by atoms with Gasteiger partial charge in [-0.2, -0.15) is 0 Å². The summed E-state index contributed by atoms with van der Waals surface area (Å²) in [6, 6.07) is 6.75. The zero-order chi connectivity index (χ0) is 15.4. The van der Waals surface area contributed by atoms with Crippen LogP contribution >= 0.6 is 0 Å². The Morgan fingerprint density at radius 1 is 1.14 bits per heavy atom. The second-order valence-corrected chi connectivity index (χ2v) is 6.67. The van der Waals surface area contributed by atoms with Crippen LogP contribution in [-0.2, 0) is 10.2 Å². The number of hydrogen-bond acceptors (Lipinski definition) is 2. The molecule has 3 nitrogen and oxygen atoms in total. The van der Waals surface area contributed by atoms with Gasteiger partial charge in [0.1, 0.15) is 5.82 Å². The summed E-state index contributed by atoms with van der Waals surface area (Å²) in [5.41, 5.74) is 0.499. The molecule has 1 aromatic carbocycles. The Balaban J connectivity index is 1.81. The Bertz CT molecular complexity index is 502. The van der Waals surface area contributed by atoms with E-state index in [4.69, 9.17) is 0 Å². The number of amides is 1. The topological polar surface area (TPSA) is 41.1 Å². The van der Waals surface area contributed by atoms with Crippen molar-refractivity contribution in [2.45, 2.75) is 56.4 Å². The fraction of sp³-hybridized carbons (Fsp3) is 0.611. The summed E-state index contributed by atoms with van der Waals surface area (Å²) < 4.78 is 13.2. The molecule has 1 aliphatic carbocycles. The largest absolute Gasteiger partial charge is 0.351 e. The third kappa shape index (κ3) is 3.17. The van der Waals surface area contributed by atoms with Gasteiger partial charge in [-0.1, -0.05) is 31.4 Å². The number of carbonyl (C=O) groups is 1. The van der Waals surface area contributed by atoms with Gasteiger partial charge in [-0.15, -0.1) is 0 Å². The first kappa shape index (κ1) is 15.5. The maximum Gasteiger partial charge on any atom is 0.230 e. The molecule has 2 N–H and O–H groups in total. The lowest BCUT2D eigenvalue weighted by atomic mass is 9.68. The van der Waals surface area contributed by atoms with Crippen LogP contribution in [0.5, 0.6) is 0 Å². The number of piperidine rings is 1. The average molecular weight is 304 g/mol. The number of nitrogens with one attached hydrogen (secondary N) is 2. The smallest absolute Gasteiger partial charge is 0.230 e. The molecule has 1 amide bonds. The molecule has 0 spiro atoms. The lowest BCUT2D eigenvalue weighted by Crippen LogP contribution is -2.53. The predicted octanol–water partition coefficient (Wildman–Crippen LogP) is 2.90. The highest BCUT2D eigenvalue weighted by atomic mass is 19.1. The predicted molar refractivity (Wildman–Crippen MR) is 85.2 cm³/mol. The van der Waals surface area contributed by atoms with E-state index in [2.05, 4.69) is 10.6 Å². The van der Waals surface area contributed by atoms with Gasteiger partial charge in [-0.25, -0.2) is 4.39 Å². The summed E-state index contributed by atoms with van der Waals surface area (Å²) in [6.45, 7) is 1.89. The monoisotopic (exact) mass is 304 g/mol. The van der Waals surface area contributed by atoms with E-state index >= 15 is 0 Å². The van der Waals surface area contributed by atoms with Crippen molar-refractivity contribution in [3.63, 3.8) is 0 Å². The molecule has 1 aromatic rings. The Morgan fingerprint density at radius 3 is 2.50 bits per heavy atom. The SMILES string of the molecule is O=C(N[C@H]1CCCNC1)C1(c2ccc(F)cc2)CCCCC1. The van der Waals surface area contributed by atoms with E-state index in [1.165, 1.54) is 18.6 Å². The number of benzene rings is 1. The van der Waals surface area contributed by atoms with Crippen LogP contribution in [0.4, 0.5) is 4.39 Å². The van der Waals surface area contributed by atoms with E-state index < -0.39 is 5.41 Å². The van der Waals surface area contributed by atoms with Gasteiger partial charge in [-0.3, -0.25) is 4.79 Å². The quantitative estimate of drug-likeness (QED) is 0.901. The van der Waals surface area contributed by atoms with E-state index in [9.17, 15) is 9.18 Å². The molecular weight excluding hydrogens is 279 g/mol. The van der Waals surface area contributed by atoms with Gasteiger partial charge in [0, 0.05) is 12.6 Å². The third-order valence-corrected chi connectivity index (χ3v) is 5.17. The molecule has 120 valence electrons. The van der Waals surface area contributed by atoms with E-state index in [0.717, 1.165) is 57.2 Å². The lowest BCUT2D eigenvalue weighted by molar-refractivity contribution is -0.129. The minimum absolute atomic E-state index is 0.132. The molecule has 1 atom stereocenters. The molecule has 2 fully saturated rings. The standard InChI is InChI=1S/C18H25FN2O/c19-15-8-6-14(7-9-15)18(10-2-1-3-11-18)17(22)21-16-5-4-12-20-13-16/h6-9,16,20H,1-5,10-13H2,(H,21,22)/t16-/m0/s1. The third-order valence-electron chi connectivity index (χ3n) is 5.17. The zero-order valence-corrected chi connectivity index (χ0v) is 13.0. The summed E-state index contributed by atoms with van der Waals surface area (Å²) in [5.74, 6) is -0.112. The van der Waals surface area contributed by atoms with Crippen molar-refractivity contribution in [2.75, 3.05) is 13.1 Å². The summed E-state index contributed by atoms with van der Waals surface area (Å²) in [5, 5.41) is 6.59. The molecule has 3 rings (SSSR count). The minimum atomic E-state index is -0.469. The summed E-state index contributed by atoms with van der Waals surface area (Å²) in [6.07, 6.45) is 7.19. The van der Waals surface area contributed by atoms with E-state index in [-0.39, 0.29) is 17.8 Å². The van der Waals surface area contributed by atoms with Crippen LogP contribution in [0.1, 0.15) is 50.5 Å². The van der Waals surface area contributed by atoms with Crippen LogP contribution in [-0.4, -0.2) is 25.0 Å². The minimum Gasteiger partial charge on any atom is -0.351 e. The number of rotatable bonds is 3. The van der Waals surface area contributed by atoms with Crippen molar-refractivity contribution in [2.24, 2.45) is 0 Å². The lowest BCUT2D eigenvalue weighted by Gasteiger charge is -2.38. The molecule has 4 heteroatoms. The van der Waals surface area contributed by atoms with Gasteiger partial charge in [0.15, 0.2) is 0 Å². The van der Waals surface area contributed by atoms with Gasteiger partial charge < -0.3 is 10.6 Å². The Morgan fingerprint density at radius 2 is 1.86 bits per heavy atom. The maximum absolute atomic E-state index is 13.2. The molecule has 1 aliphatic heterocycles. The second-order valence-electron chi connectivity index (χ2n) is 6.67. The highest BCUT2D eigenvalue weighted by molar-refractivity contribution is 5.88. The van der Waals surface area contributed by atoms with Crippen molar-refractivity contribution in [1.82, 2.24) is 10.6 Å². The van der Waals surface area contributed by atoms with Crippen LogP contribution in [0.2, 0.25) is 0 Å². The number of halogens is 1. The van der Waals surface area contributed by atoms with Crippen LogP contribution in [0.25, 0.3) is 0 Å². The van der Waals surface area contributed by atoms with Crippen molar-refractivity contribution in [3.05, 3.63) is 35.6 Å². The van der Waals surface area contributed by atoms with E-state index in [1.807, 2.05) is 0 Å². The normalized spacial score (nSPS) is 24.7. The molecule has 0 radical (unpaired) electrons. The summed E-state index contributed by atoms with van der Waals surface area (Å²) >= 11 is 0. The van der Waals surface area contributed by atoms with Crippen LogP contribution in [0.3, 0.4) is 0 Å². The molecule has 1 saturated heterocycles. The zero-order valence-electron chi connectivity index (χ0n) is 13.0. The highest BCUT2D eigenvalue weighted by Gasteiger charge is 2.41. The van der Waals surface area contributed by atoms with E-state index in [0.29, 0.717) is 0 Å². The molecule has 22 heavy (non-hydrogen) atoms. The Kier molecular flexibility index (Phi) is 4.77. The van der Waals surface area contributed by atoms with Crippen molar-refractivity contribution in [1.29, 1.82) is 0 Å². The molecule has 0 unspecified atom stereocenters. The van der Waals surface area contributed by atoms with Crippen LogP contribution < -0.4 is 10.6 Å². The van der Waals surface area contributed by atoms with Crippen molar-refractivity contribution in [3.8, 4) is 0 Å². The Hall–Kier alpha value is -1.42. The molecule has 0 aromatic heterocycles. The maximum atomic E-state index is 13.2. The number of carbonyl (C=O) groups excluding carboxylic acids is 1. The van der Waals surface area contributed by atoms with Gasteiger partial charge in [-0.05, 0) is 49.9 Å². The Labute approximate surface area is 131 Å². The first-order valence-corrected chi connectivity index (χ1v) is 8.48. The molecule has 1 saturated carbocycles. The fourth-order valence-electron chi connectivity index (χ4n) is 3.87. The molecule has 0 bridgehead atoms. The highest BCUT2D eigenvalue weighted by Crippen LogP contribution is 2.40.